The highest BCUT2D eigenvalue weighted by Gasteiger charge is 2.50. The lowest BCUT2D eigenvalue weighted by atomic mass is 9.74. The predicted molar refractivity (Wildman–Crippen MR) is 107 cm³/mol. The van der Waals surface area contributed by atoms with Crippen molar-refractivity contribution in [3.8, 4) is 0 Å². The first-order chi connectivity index (χ1) is 11.8. The Kier molecular flexibility index (Phi) is 4.39. The molecule has 2 nitrogen and oxygen atoms in total. The predicted octanol–water partition coefficient (Wildman–Crippen LogP) is 5.07. The third-order valence-corrected chi connectivity index (χ3v) is 8.84. The van der Waals surface area contributed by atoms with Gasteiger partial charge in [0.2, 0.25) is 0 Å². The lowest BCUT2D eigenvalue weighted by molar-refractivity contribution is -0.931. The highest BCUT2D eigenvalue weighted by atomic mass is 32.1. The summed E-state index contributed by atoms with van der Waals surface area (Å²) in [5.41, 5.74) is 3.89. The van der Waals surface area contributed by atoms with E-state index in [-0.39, 0.29) is 0 Å². The van der Waals surface area contributed by atoms with Crippen LogP contribution in [-0.4, -0.2) is 35.8 Å². The number of thiophene rings is 2. The Balaban J connectivity index is 1.67. The Bertz CT molecular complexity index is 703. The van der Waals surface area contributed by atoms with Gasteiger partial charge in [0.25, 0.3) is 0 Å². The van der Waals surface area contributed by atoms with Crippen molar-refractivity contribution in [3.63, 3.8) is 0 Å². The largest absolute Gasteiger partial charge is 0.380 e. The Morgan fingerprint density at radius 1 is 0.960 bits per heavy atom. The van der Waals surface area contributed by atoms with Crippen LogP contribution in [0.2, 0.25) is 0 Å². The second-order valence-electron chi connectivity index (χ2n) is 8.85. The van der Waals surface area contributed by atoms with Crippen LogP contribution in [-0.2, 0) is 5.60 Å². The highest BCUT2D eigenvalue weighted by Crippen LogP contribution is 2.48. The lowest BCUT2D eigenvalue weighted by Crippen LogP contribution is -2.55. The molecule has 0 aromatic carbocycles. The van der Waals surface area contributed by atoms with Crippen molar-refractivity contribution in [2.45, 2.75) is 63.6 Å². The van der Waals surface area contributed by atoms with Crippen LogP contribution >= 0.6 is 22.7 Å². The minimum Gasteiger partial charge on any atom is -0.380 e. The maximum Gasteiger partial charge on any atom is 0.117 e. The van der Waals surface area contributed by atoms with Gasteiger partial charge >= 0.3 is 0 Å². The third-order valence-electron chi connectivity index (χ3n) is 7.11. The van der Waals surface area contributed by atoms with E-state index in [4.69, 9.17) is 0 Å². The number of hydrogen-bond donors (Lipinski definition) is 1. The summed E-state index contributed by atoms with van der Waals surface area (Å²) in [5, 5.41) is 20.7. The van der Waals surface area contributed by atoms with Crippen LogP contribution < -0.4 is 0 Å². The van der Waals surface area contributed by atoms with E-state index in [0.717, 1.165) is 29.6 Å². The standard InChI is InChI=1S/C21H30NOS2/c1-14-10-24-12-19(14)21(23,20-13-25-11-15(20)2)9-16-7-17-5-6-18(8-16)22(17,3)4/h10-13,16-18,23H,5-9H2,1-4H3/q+1/t17-,18-/m0/s1. The van der Waals surface area contributed by atoms with Crippen molar-refractivity contribution < 1.29 is 9.59 Å². The van der Waals surface area contributed by atoms with Crippen LogP contribution in [0.3, 0.4) is 0 Å². The monoisotopic (exact) mass is 376 g/mol. The van der Waals surface area contributed by atoms with E-state index in [2.05, 4.69) is 49.5 Å². The number of piperidine rings is 1. The SMILES string of the molecule is Cc1cscc1C(O)(CC1C[C@@H]2CC[C@@H](C1)[N+]2(C)C)c1cscc1C. The van der Waals surface area contributed by atoms with Crippen molar-refractivity contribution in [2.75, 3.05) is 14.1 Å². The summed E-state index contributed by atoms with van der Waals surface area (Å²) < 4.78 is 1.20. The molecule has 2 saturated heterocycles. The highest BCUT2D eigenvalue weighted by molar-refractivity contribution is 7.08. The van der Waals surface area contributed by atoms with E-state index in [0.29, 0.717) is 5.92 Å². The first-order valence-corrected chi connectivity index (χ1v) is 11.3. The van der Waals surface area contributed by atoms with Gasteiger partial charge in [0, 0.05) is 36.8 Å². The van der Waals surface area contributed by atoms with Gasteiger partial charge in [-0.3, -0.25) is 0 Å². The van der Waals surface area contributed by atoms with E-state index in [9.17, 15) is 5.11 Å². The van der Waals surface area contributed by atoms with Gasteiger partial charge < -0.3 is 9.59 Å². The van der Waals surface area contributed by atoms with E-state index in [1.165, 1.54) is 41.3 Å². The average molecular weight is 377 g/mol. The zero-order valence-corrected chi connectivity index (χ0v) is 17.4. The summed E-state index contributed by atoms with van der Waals surface area (Å²) in [4.78, 5) is 0. The lowest BCUT2D eigenvalue weighted by Gasteiger charge is -2.46. The Morgan fingerprint density at radius 2 is 1.44 bits per heavy atom. The quantitative estimate of drug-likeness (QED) is 0.739. The maximum atomic E-state index is 12.0. The molecule has 0 aliphatic carbocycles. The van der Waals surface area contributed by atoms with Crippen LogP contribution in [0.15, 0.2) is 21.5 Å². The van der Waals surface area contributed by atoms with Crippen molar-refractivity contribution in [2.24, 2.45) is 5.92 Å². The molecule has 4 heteroatoms. The Hall–Kier alpha value is -0.680. The third kappa shape index (κ3) is 2.82. The molecule has 2 aliphatic rings. The zero-order chi connectivity index (χ0) is 17.8. The van der Waals surface area contributed by atoms with Crippen molar-refractivity contribution >= 4 is 22.7 Å². The van der Waals surface area contributed by atoms with Crippen molar-refractivity contribution in [1.82, 2.24) is 0 Å². The minimum atomic E-state index is -0.827. The topological polar surface area (TPSA) is 20.2 Å². The molecule has 4 heterocycles. The van der Waals surface area contributed by atoms with Crippen molar-refractivity contribution in [3.05, 3.63) is 43.8 Å². The molecule has 2 atom stereocenters. The van der Waals surface area contributed by atoms with Gasteiger partial charge in [-0.05, 0) is 58.8 Å². The molecular weight excluding hydrogens is 346 g/mol. The van der Waals surface area contributed by atoms with E-state index >= 15 is 0 Å². The molecule has 2 fully saturated rings. The summed E-state index contributed by atoms with van der Waals surface area (Å²) in [6.07, 6.45) is 6.12. The Labute approximate surface area is 159 Å². The van der Waals surface area contributed by atoms with Gasteiger partial charge in [0.1, 0.15) is 5.60 Å². The van der Waals surface area contributed by atoms with Gasteiger partial charge in [-0.2, -0.15) is 22.7 Å². The number of aryl methyl sites for hydroxylation is 2. The molecule has 2 bridgehead atoms. The van der Waals surface area contributed by atoms with E-state index in [1.54, 1.807) is 22.7 Å². The molecule has 0 spiro atoms. The van der Waals surface area contributed by atoms with Crippen LogP contribution in [0.4, 0.5) is 0 Å². The fourth-order valence-corrected chi connectivity index (χ4v) is 7.34. The average Bonchev–Trinajstić information content (AvgIpc) is 3.18. The number of quaternary nitrogens is 1. The second-order valence-corrected chi connectivity index (χ2v) is 10.3. The maximum absolute atomic E-state index is 12.0. The van der Waals surface area contributed by atoms with Crippen LogP contribution in [0.1, 0.15) is 54.4 Å². The second kappa shape index (κ2) is 6.19. The molecule has 1 N–H and O–H groups in total. The molecule has 136 valence electrons. The number of aliphatic hydroxyl groups is 1. The minimum absolute atomic E-state index is 0.618. The number of nitrogens with zero attached hydrogens (tertiary/aromatic N) is 1. The zero-order valence-electron chi connectivity index (χ0n) is 15.8. The Morgan fingerprint density at radius 3 is 1.84 bits per heavy atom. The molecule has 25 heavy (non-hydrogen) atoms. The summed E-state index contributed by atoms with van der Waals surface area (Å²) in [6.45, 7) is 4.28. The van der Waals surface area contributed by atoms with Crippen LogP contribution in [0.25, 0.3) is 0 Å². The number of fused-ring (bicyclic) bond motifs is 2. The smallest absolute Gasteiger partial charge is 0.117 e. The summed E-state index contributed by atoms with van der Waals surface area (Å²) >= 11 is 3.42. The molecule has 0 unspecified atom stereocenters. The number of rotatable bonds is 4. The van der Waals surface area contributed by atoms with E-state index in [1.807, 2.05) is 0 Å². The molecule has 0 radical (unpaired) electrons. The van der Waals surface area contributed by atoms with Crippen LogP contribution in [0, 0.1) is 19.8 Å². The van der Waals surface area contributed by atoms with Gasteiger partial charge in [0.05, 0.1) is 26.2 Å². The normalized spacial score (nSPS) is 28.4. The first kappa shape index (κ1) is 17.7. The van der Waals surface area contributed by atoms with Gasteiger partial charge in [0.15, 0.2) is 0 Å². The molecule has 0 saturated carbocycles. The molecule has 2 aromatic rings. The number of hydrogen-bond acceptors (Lipinski definition) is 3. The van der Waals surface area contributed by atoms with Crippen molar-refractivity contribution in [1.29, 1.82) is 0 Å². The molecule has 0 amide bonds. The molecular formula is C21H30NOS2+. The van der Waals surface area contributed by atoms with Gasteiger partial charge in [-0.25, -0.2) is 0 Å². The summed E-state index contributed by atoms with van der Waals surface area (Å²) in [6, 6.07) is 1.56. The molecule has 4 rings (SSSR count). The first-order valence-electron chi connectivity index (χ1n) is 9.44. The van der Waals surface area contributed by atoms with Crippen LogP contribution in [0.5, 0.6) is 0 Å². The summed E-state index contributed by atoms with van der Waals surface area (Å²) in [7, 11) is 4.83. The fourth-order valence-electron chi connectivity index (χ4n) is 5.51. The van der Waals surface area contributed by atoms with E-state index < -0.39 is 5.60 Å². The molecule has 2 aliphatic heterocycles. The van der Waals surface area contributed by atoms with Gasteiger partial charge in [-0.15, -0.1) is 0 Å². The molecule has 2 aromatic heterocycles. The summed E-state index contributed by atoms with van der Waals surface area (Å²) in [5.74, 6) is 0.618. The van der Waals surface area contributed by atoms with Gasteiger partial charge in [-0.1, -0.05) is 0 Å². The fraction of sp³-hybridized carbons (Fsp3) is 0.619.